The summed E-state index contributed by atoms with van der Waals surface area (Å²) in [6, 6.07) is 5.25. The van der Waals surface area contributed by atoms with Gasteiger partial charge in [-0.15, -0.1) is 0 Å². The zero-order valence-electron chi connectivity index (χ0n) is 21.5. The minimum absolute atomic E-state index is 0.213. The zero-order valence-corrected chi connectivity index (χ0v) is 21.5. The van der Waals surface area contributed by atoms with Gasteiger partial charge in [-0.25, -0.2) is 0 Å². The van der Waals surface area contributed by atoms with Gasteiger partial charge in [-0.3, -0.25) is 0 Å². The van der Waals surface area contributed by atoms with Crippen LogP contribution in [0.15, 0.2) is 41.5 Å². The van der Waals surface area contributed by atoms with Crippen LogP contribution in [0.25, 0.3) is 0 Å². The maximum Gasteiger partial charge on any atom is 0.205 e. The molecule has 0 saturated carbocycles. The summed E-state index contributed by atoms with van der Waals surface area (Å²) < 4.78 is 19.5. The van der Waals surface area contributed by atoms with E-state index in [2.05, 4.69) is 46.8 Å². The van der Waals surface area contributed by atoms with Crippen molar-refractivity contribution in [1.29, 1.82) is 0 Å². The monoisotopic (exact) mass is 454 g/mol. The molecule has 2 aliphatic heterocycles. The van der Waals surface area contributed by atoms with E-state index in [1.165, 1.54) is 24.0 Å². The van der Waals surface area contributed by atoms with Crippen molar-refractivity contribution in [3.63, 3.8) is 0 Å². The molecule has 1 aromatic rings. The predicted octanol–water partition coefficient (Wildman–Crippen LogP) is 7.63. The van der Waals surface area contributed by atoms with Gasteiger partial charge in [0.05, 0.1) is 5.60 Å². The van der Waals surface area contributed by atoms with Gasteiger partial charge in [-0.05, 0) is 94.4 Å². The van der Waals surface area contributed by atoms with Crippen molar-refractivity contribution >= 4 is 0 Å². The number of hydrogen-bond donors (Lipinski definition) is 1. The summed E-state index contributed by atoms with van der Waals surface area (Å²) in [7, 11) is 0. The summed E-state index contributed by atoms with van der Waals surface area (Å²) in [6.07, 6.45) is 10.8. The number of phenolic OH excluding ortho intramolecular Hbond substituents is 1. The molecule has 4 rings (SSSR count). The van der Waals surface area contributed by atoms with E-state index in [1.54, 1.807) is 12.1 Å². The molecule has 1 N–H and O–H groups in total. The molecule has 0 amide bonds. The molecule has 4 nitrogen and oxygen atoms in total. The molecule has 33 heavy (non-hydrogen) atoms. The van der Waals surface area contributed by atoms with E-state index >= 15 is 0 Å². The second kappa shape index (κ2) is 8.78. The van der Waals surface area contributed by atoms with Crippen LogP contribution in [-0.2, 0) is 9.47 Å². The lowest BCUT2D eigenvalue weighted by atomic mass is 9.64. The average molecular weight is 455 g/mol. The van der Waals surface area contributed by atoms with Crippen molar-refractivity contribution in [3.05, 3.63) is 47.1 Å². The fourth-order valence-electron chi connectivity index (χ4n) is 5.86. The molecule has 0 aromatic heterocycles. The smallest absolute Gasteiger partial charge is 0.205 e. The van der Waals surface area contributed by atoms with Gasteiger partial charge in [-0.1, -0.05) is 31.6 Å². The Morgan fingerprint density at radius 1 is 0.970 bits per heavy atom. The molecule has 0 saturated heterocycles. The maximum absolute atomic E-state index is 10.2. The predicted molar refractivity (Wildman–Crippen MR) is 132 cm³/mol. The Balaban J connectivity index is 1.61. The lowest BCUT2D eigenvalue weighted by molar-refractivity contribution is -0.242. The van der Waals surface area contributed by atoms with Crippen molar-refractivity contribution in [1.82, 2.24) is 0 Å². The highest BCUT2D eigenvalue weighted by Crippen LogP contribution is 2.49. The van der Waals surface area contributed by atoms with Gasteiger partial charge in [0, 0.05) is 19.4 Å². The summed E-state index contributed by atoms with van der Waals surface area (Å²) in [5.74, 6) is 0.876. The molecule has 1 aromatic carbocycles. The van der Waals surface area contributed by atoms with Crippen LogP contribution in [0.2, 0.25) is 0 Å². The molecule has 0 spiro atoms. The number of benzene rings is 1. The second-order valence-electron chi connectivity index (χ2n) is 11.5. The van der Waals surface area contributed by atoms with Gasteiger partial charge in [0.15, 0.2) is 0 Å². The van der Waals surface area contributed by atoms with Crippen LogP contribution < -0.4 is 4.74 Å². The number of phenols is 1. The van der Waals surface area contributed by atoms with Crippen LogP contribution in [0.1, 0.15) is 98.7 Å². The van der Waals surface area contributed by atoms with Crippen molar-refractivity contribution < 1.29 is 19.3 Å². The second-order valence-corrected chi connectivity index (χ2v) is 11.5. The standard InChI is InChI=1S/C29H42O4/c1-19-10-9-15-28(6,16-17-29(7)20(2)11-8-12-21(29)3)33-25(19)26-23-18-22(30)13-14-24(23)31-27(4,5)32-26/h10-11,13-14,18,21,25-26,30H,8-9,12,15-17H2,1-7H3/t21-,25-,26-,28+,29+/m0/s1. The Morgan fingerprint density at radius 2 is 1.73 bits per heavy atom. The minimum atomic E-state index is -0.770. The third-order valence-corrected chi connectivity index (χ3v) is 8.55. The number of allylic oxidation sites excluding steroid dienone is 3. The highest BCUT2D eigenvalue weighted by atomic mass is 16.7. The zero-order chi connectivity index (χ0) is 24.0. The molecular weight excluding hydrogens is 412 g/mol. The lowest BCUT2D eigenvalue weighted by Gasteiger charge is -2.45. The highest BCUT2D eigenvalue weighted by Gasteiger charge is 2.44. The molecule has 0 radical (unpaired) electrons. The SMILES string of the molecule is CC1=CCC[C@](C)(CC[C@]2(C)C(C)=CCC[C@@H]2C)O[C@@H]1[C@H]1OC(C)(C)Oc2ccc(O)cc21. The third-order valence-electron chi connectivity index (χ3n) is 8.55. The Bertz CT molecular complexity index is 945. The summed E-state index contributed by atoms with van der Waals surface area (Å²) in [5.41, 5.74) is 3.54. The van der Waals surface area contributed by atoms with E-state index < -0.39 is 5.79 Å². The van der Waals surface area contributed by atoms with E-state index in [0.29, 0.717) is 5.92 Å². The first-order chi connectivity index (χ1) is 15.4. The van der Waals surface area contributed by atoms with Gasteiger partial charge in [0.2, 0.25) is 5.79 Å². The van der Waals surface area contributed by atoms with Crippen LogP contribution in [-0.4, -0.2) is 22.6 Å². The van der Waals surface area contributed by atoms with E-state index in [0.717, 1.165) is 37.0 Å². The van der Waals surface area contributed by atoms with Gasteiger partial charge in [0.25, 0.3) is 0 Å². The quantitative estimate of drug-likeness (QED) is 0.475. The molecule has 182 valence electrons. The van der Waals surface area contributed by atoms with Crippen LogP contribution in [0.5, 0.6) is 11.5 Å². The fourth-order valence-corrected chi connectivity index (χ4v) is 5.86. The molecule has 3 aliphatic rings. The summed E-state index contributed by atoms with van der Waals surface area (Å²) in [5, 5.41) is 10.2. The lowest BCUT2D eigenvalue weighted by Crippen LogP contribution is -2.45. The number of hydrogen-bond acceptors (Lipinski definition) is 4. The van der Waals surface area contributed by atoms with Crippen LogP contribution in [0.4, 0.5) is 0 Å². The third kappa shape index (κ3) is 4.88. The van der Waals surface area contributed by atoms with Crippen molar-refractivity contribution in [3.8, 4) is 11.5 Å². The highest BCUT2D eigenvalue weighted by molar-refractivity contribution is 5.44. The summed E-state index contributed by atoms with van der Waals surface area (Å²) in [4.78, 5) is 0. The molecule has 1 aliphatic carbocycles. The maximum atomic E-state index is 10.2. The van der Waals surface area contributed by atoms with Crippen LogP contribution in [0, 0.1) is 11.3 Å². The molecular formula is C29H42O4. The van der Waals surface area contributed by atoms with E-state index in [4.69, 9.17) is 14.2 Å². The van der Waals surface area contributed by atoms with Crippen LogP contribution in [0.3, 0.4) is 0 Å². The normalized spacial score (nSPS) is 36.2. The fraction of sp³-hybridized carbons (Fsp3) is 0.655. The topological polar surface area (TPSA) is 47.9 Å². The number of rotatable bonds is 4. The average Bonchev–Trinajstić information content (AvgIpc) is 2.89. The largest absolute Gasteiger partial charge is 0.508 e. The first-order valence-corrected chi connectivity index (χ1v) is 12.6. The molecule has 4 heteroatoms. The Morgan fingerprint density at radius 3 is 2.45 bits per heavy atom. The Kier molecular flexibility index (Phi) is 6.48. The van der Waals surface area contributed by atoms with Gasteiger partial charge in [-0.2, -0.15) is 0 Å². The minimum Gasteiger partial charge on any atom is -0.508 e. The van der Waals surface area contributed by atoms with E-state index in [1.807, 2.05) is 19.9 Å². The number of fused-ring (bicyclic) bond motifs is 1. The van der Waals surface area contributed by atoms with E-state index in [9.17, 15) is 5.11 Å². The molecule has 0 unspecified atom stereocenters. The first-order valence-electron chi connectivity index (χ1n) is 12.6. The number of ether oxygens (including phenoxy) is 3. The van der Waals surface area contributed by atoms with Crippen molar-refractivity contribution in [2.24, 2.45) is 11.3 Å². The Hall–Kier alpha value is -1.78. The molecule has 0 bridgehead atoms. The Labute approximate surface area is 200 Å². The van der Waals surface area contributed by atoms with Gasteiger partial charge < -0.3 is 19.3 Å². The molecule has 5 atom stereocenters. The molecule has 0 fully saturated rings. The molecule has 2 heterocycles. The van der Waals surface area contributed by atoms with Gasteiger partial charge >= 0.3 is 0 Å². The van der Waals surface area contributed by atoms with E-state index in [-0.39, 0.29) is 29.0 Å². The van der Waals surface area contributed by atoms with Crippen molar-refractivity contribution in [2.45, 2.75) is 111 Å². The number of aromatic hydroxyl groups is 1. The van der Waals surface area contributed by atoms with Crippen molar-refractivity contribution in [2.75, 3.05) is 0 Å². The summed E-state index contributed by atoms with van der Waals surface area (Å²) in [6.45, 7) is 15.4. The van der Waals surface area contributed by atoms with Crippen LogP contribution >= 0.6 is 0 Å². The summed E-state index contributed by atoms with van der Waals surface area (Å²) >= 11 is 0. The first kappa shape index (κ1) is 24.3. The van der Waals surface area contributed by atoms with Gasteiger partial charge in [0.1, 0.15) is 23.7 Å².